The number of ether oxygens (including phenoxy) is 1. The molecule has 138 valence electrons. The van der Waals surface area contributed by atoms with Crippen LogP contribution in [0.15, 0.2) is 42.5 Å². The van der Waals surface area contributed by atoms with Crippen molar-refractivity contribution in [1.82, 2.24) is 10.2 Å². The Morgan fingerprint density at radius 2 is 2.00 bits per heavy atom. The van der Waals surface area contributed by atoms with Crippen LogP contribution in [-0.2, 0) is 10.3 Å². The highest BCUT2D eigenvalue weighted by molar-refractivity contribution is 6.07. The summed E-state index contributed by atoms with van der Waals surface area (Å²) < 4.78 is 33.1. The molecule has 0 bridgehead atoms. The van der Waals surface area contributed by atoms with Crippen molar-refractivity contribution in [3.05, 3.63) is 65.2 Å². The van der Waals surface area contributed by atoms with Crippen LogP contribution in [0.4, 0.5) is 13.6 Å². The number of rotatable bonds is 5. The average Bonchev–Trinajstić information content (AvgIpc) is 2.87. The van der Waals surface area contributed by atoms with Crippen molar-refractivity contribution in [1.29, 1.82) is 5.26 Å². The van der Waals surface area contributed by atoms with Crippen molar-refractivity contribution < 1.29 is 23.1 Å². The minimum atomic E-state index is -1.70. The number of nitriles is 1. The molecule has 0 spiro atoms. The average molecular weight is 371 g/mol. The molecule has 1 saturated heterocycles. The molecule has 0 aromatic heterocycles. The fourth-order valence-corrected chi connectivity index (χ4v) is 2.87. The molecule has 1 unspecified atom stereocenters. The first-order chi connectivity index (χ1) is 12.8. The Morgan fingerprint density at radius 1 is 1.22 bits per heavy atom. The van der Waals surface area contributed by atoms with Crippen LogP contribution in [0, 0.1) is 23.0 Å². The summed E-state index contributed by atoms with van der Waals surface area (Å²) in [4.78, 5) is 25.8. The molecule has 8 heteroatoms. The number of hydrogen-bond donors (Lipinski definition) is 1. The molecule has 3 rings (SSSR count). The predicted molar refractivity (Wildman–Crippen MR) is 90.6 cm³/mol. The van der Waals surface area contributed by atoms with E-state index in [2.05, 4.69) is 5.32 Å². The van der Waals surface area contributed by atoms with E-state index < -0.39 is 29.1 Å². The number of nitrogens with one attached hydrogen (secondary N) is 1. The van der Waals surface area contributed by atoms with Gasteiger partial charge in [0, 0.05) is 5.56 Å². The highest BCUT2D eigenvalue weighted by atomic mass is 19.1. The van der Waals surface area contributed by atoms with Crippen LogP contribution in [0.3, 0.4) is 0 Å². The summed E-state index contributed by atoms with van der Waals surface area (Å²) in [6.45, 7) is 1.21. The van der Waals surface area contributed by atoms with Gasteiger partial charge < -0.3 is 10.1 Å². The lowest BCUT2D eigenvalue weighted by atomic mass is 9.91. The number of urea groups is 1. The third-order valence-corrected chi connectivity index (χ3v) is 4.29. The normalized spacial score (nSPS) is 19.0. The topological polar surface area (TPSA) is 82.4 Å². The summed E-state index contributed by atoms with van der Waals surface area (Å²) in [7, 11) is 0. The standard InChI is InChI=1S/C19H15F2N3O3/c1-19(15-10-13(20)5-6-16(15)21)17(25)24(18(26)23-19)7-8-27-14-4-2-3-12(9-14)11-22/h2-6,9-10H,7-8H2,1H3,(H,23,26). The van der Waals surface area contributed by atoms with E-state index in [0.717, 1.165) is 23.1 Å². The van der Waals surface area contributed by atoms with Gasteiger partial charge in [0.25, 0.3) is 5.91 Å². The van der Waals surface area contributed by atoms with Crippen LogP contribution in [-0.4, -0.2) is 30.0 Å². The second-order valence-electron chi connectivity index (χ2n) is 6.12. The van der Waals surface area contributed by atoms with Gasteiger partial charge in [-0.2, -0.15) is 5.26 Å². The van der Waals surface area contributed by atoms with Crippen molar-refractivity contribution in [3.8, 4) is 11.8 Å². The number of imide groups is 1. The zero-order valence-corrected chi connectivity index (χ0v) is 14.3. The summed E-state index contributed by atoms with van der Waals surface area (Å²) >= 11 is 0. The molecule has 1 atom stereocenters. The van der Waals surface area contributed by atoms with Crippen LogP contribution in [0.5, 0.6) is 5.75 Å². The van der Waals surface area contributed by atoms with Crippen LogP contribution >= 0.6 is 0 Å². The van der Waals surface area contributed by atoms with E-state index in [4.69, 9.17) is 10.00 Å². The number of halogens is 2. The van der Waals surface area contributed by atoms with Crippen LogP contribution in [0.2, 0.25) is 0 Å². The Morgan fingerprint density at radius 3 is 2.74 bits per heavy atom. The fraction of sp³-hybridized carbons (Fsp3) is 0.211. The van der Waals surface area contributed by atoms with E-state index in [1.165, 1.54) is 13.0 Å². The Kier molecular flexibility index (Phi) is 4.77. The molecular weight excluding hydrogens is 356 g/mol. The highest BCUT2D eigenvalue weighted by Crippen LogP contribution is 2.31. The van der Waals surface area contributed by atoms with Crippen molar-refractivity contribution in [2.24, 2.45) is 0 Å². The number of hydrogen-bond acceptors (Lipinski definition) is 4. The third kappa shape index (κ3) is 3.44. The summed E-state index contributed by atoms with van der Waals surface area (Å²) in [5.41, 5.74) is -1.54. The molecule has 6 nitrogen and oxygen atoms in total. The molecule has 1 N–H and O–H groups in total. The molecule has 3 amide bonds. The zero-order chi connectivity index (χ0) is 19.6. The number of benzene rings is 2. The number of carbonyl (C=O) groups excluding carboxylic acids is 2. The van der Waals surface area contributed by atoms with Gasteiger partial charge in [0.05, 0.1) is 18.2 Å². The second-order valence-corrected chi connectivity index (χ2v) is 6.12. The maximum Gasteiger partial charge on any atom is 0.325 e. The SMILES string of the molecule is CC1(c2cc(F)ccc2F)NC(=O)N(CCOc2cccc(C#N)c2)C1=O. The van der Waals surface area contributed by atoms with Gasteiger partial charge >= 0.3 is 6.03 Å². The lowest BCUT2D eigenvalue weighted by Gasteiger charge is -2.22. The largest absolute Gasteiger partial charge is 0.492 e. The van der Waals surface area contributed by atoms with Gasteiger partial charge in [-0.1, -0.05) is 6.07 Å². The van der Waals surface area contributed by atoms with Gasteiger partial charge in [-0.3, -0.25) is 9.69 Å². The first kappa shape index (κ1) is 18.3. The minimum absolute atomic E-state index is 0.0181. The Bertz CT molecular complexity index is 957. The van der Waals surface area contributed by atoms with Gasteiger partial charge in [-0.15, -0.1) is 0 Å². The molecule has 0 saturated carbocycles. The Hall–Kier alpha value is -3.47. The van der Waals surface area contributed by atoms with Crippen molar-refractivity contribution >= 4 is 11.9 Å². The fourth-order valence-electron chi connectivity index (χ4n) is 2.87. The molecule has 1 fully saturated rings. The number of carbonyl (C=O) groups is 2. The van der Waals surface area contributed by atoms with Gasteiger partial charge in [0.2, 0.25) is 0 Å². The lowest BCUT2D eigenvalue weighted by molar-refractivity contribution is -0.131. The van der Waals surface area contributed by atoms with E-state index in [1.807, 2.05) is 6.07 Å². The first-order valence-electron chi connectivity index (χ1n) is 8.08. The molecule has 0 aliphatic carbocycles. The summed E-state index contributed by atoms with van der Waals surface area (Å²) in [5.74, 6) is -1.79. The second kappa shape index (κ2) is 7.03. The van der Waals surface area contributed by atoms with E-state index in [-0.39, 0.29) is 18.7 Å². The molecule has 2 aromatic rings. The molecule has 1 aliphatic rings. The maximum atomic E-state index is 14.1. The summed E-state index contributed by atoms with van der Waals surface area (Å²) in [6.07, 6.45) is 0. The lowest BCUT2D eigenvalue weighted by Crippen LogP contribution is -2.42. The van der Waals surface area contributed by atoms with E-state index in [0.29, 0.717) is 11.3 Å². The van der Waals surface area contributed by atoms with E-state index in [1.54, 1.807) is 18.2 Å². The van der Waals surface area contributed by atoms with E-state index >= 15 is 0 Å². The first-order valence-corrected chi connectivity index (χ1v) is 8.08. The number of amides is 3. The van der Waals surface area contributed by atoms with E-state index in [9.17, 15) is 18.4 Å². The Labute approximate surface area is 154 Å². The summed E-state index contributed by atoms with van der Waals surface area (Å²) in [6, 6.07) is 10.4. The minimum Gasteiger partial charge on any atom is -0.492 e. The zero-order valence-electron chi connectivity index (χ0n) is 14.3. The van der Waals surface area contributed by atoms with Gasteiger partial charge in [-0.05, 0) is 43.3 Å². The molecular formula is C19H15F2N3O3. The molecule has 2 aromatic carbocycles. The smallest absolute Gasteiger partial charge is 0.325 e. The molecule has 27 heavy (non-hydrogen) atoms. The maximum absolute atomic E-state index is 14.1. The third-order valence-electron chi connectivity index (χ3n) is 4.29. The van der Waals surface area contributed by atoms with Gasteiger partial charge in [0.1, 0.15) is 29.5 Å². The predicted octanol–water partition coefficient (Wildman–Crippen LogP) is 2.68. The quantitative estimate of drug-likeness (QED) is 0.820. The van der Waals surface area contributed by atoms with Crippen LogP contribution < -0.4 is 10.1 Å². The van der Waals surface area contributed by atoms with Crippen LogP contribution in [0.25, 0.3) is 0 Å². The Balaban J connectivity index is 1.72. The van der Waals surface area contributed by atoms with Crippen molar-refractivity contribution in [3.63, 3.8) is 0 Å². The molecule has 1 aliphatic heterocycles. The van der Waals surface area contributed by atoms with Crippen molar-refractivity contribution in [2.45, 2.75) is 12.5 Å². The van der Waals surface area contributed by atoms with Gasteiger partial charge in [-0.25, -0.2) is 13.6 Å². The molecule has 0 radical (unpaired) electrons. The van der Waals surface area contributed by atoms with Crippen molar-refractivity contribution in [2.75, 3.05) is 13.2 Å². The van der Waals surface area contributed by atoms with Crippen LogP contribution in [0.1, 0.15) is 18.1 Å². The van der Waals surface area contributed by atoms with Gasteiger partial charge in [0.15, 0.2) is 0 Å². The molecule has 1 heterocycles. The highest BCUT2D eigenvalue weighted by Gasteiger charge is 2.50. The number of nitrogens with zero attached hydrogens (tertiary/aromatic N) is 2. The monoisotopic (exact) mass is 371 g/mol. The summed E-state index contributed by atoms with van der Waals surface area (Å²) in [5, 5.41) is 11.3.